The van der Waals surface area contributed by atoms with E-state index in [1.54, 1.807) is 11.1 Å². The lowest BCUT2D eigenvalue weighted by molar-refractivity contribution is -0.123. The number of amides is 1. The maximum absolute atomic E-state index is 12.7. The SMILES string of the molecule is CC1=NOC(CCC(=O)[C@@H]2CCCN2C(=O)OCc2cnc3ccccc3c2)C1. The van der Waals surface area contributed by atoms with Gasteiger partial charge in [-0.05, 0) is 38.3 Å². The van der Waals surface area contributed by atoms with E-state index < -0.39 is 12.1 Å². The van der Waals surface area contributed by atoms with Gasteiger partial charge in [-0.25, -0.2) is 4.79 Å². The summed E-state index contributed by atoms with van der Waals surface area (Å²) in [6.45, 7) is 2.61. The maximum Gasteiger partial charge on any atom is 0.410 e. The second-order valence-electron chi connectivity index (χ2n) is 7.71. The van der Waals surface area contributed by atoms with Crippen molar-refractivity contribution < 1.29 is 19.2 Å². The van der Waals surface area contributed by atoms with E-state index in [9.17, 15) is 9.59 Å². The number of rotatable bonds is 6. The Bertz CT molecular complexity index is 943. The van der Waals surface area contributed by atoms with Crippen LogP contribution in [0.4, 0.5) is 4.79 Å². The Labute approximate surface area is 169 Å². The van der Waals surface area contributed by atoms with Crippen molar-refractivity contribution in [2.75, 3.05) is 6.54 Å². The number of aromatic nitrogens is 1. The summed E-state index contributed by atoms with van der Waals surface area (Å²) in [6.07, 6.45) is 4.53. The van der Waals surface area contributed by atoms with E-state index >= 15 is 0 Å². The Balaban J connectivity index is 1.30. The number of ether oxygens (including phenoxy) is 1. The standard InChI is InChI=1S/C22H25N3O4/c1-15-11-18(29-24-15)8-9-21(26)20-7-4-10-25(20)22(27)28-14-16-12-17-5-2-3-6-19(17)23-13-16/h2-3,5-6,12-13,18,20H,4,7-11,14H2,1H3/t18?,20-/m0/s1. The molecule has 0 saturated carbocycles. The molecule has 3 heterocycles. The minimum Gasteiger partial charge on any atom is -0.444 e. The summed E-state index contributed by atoms with van der Waals surface area (Å²) in [5.74, 6) is 0.0694. The van der Waals surface area contributed by atoms with E-state index in [0.717, 1.165) is 35.0 Å². The number of para-hydroxylation sites is 1. The van der Waals surface area contributed by atoms with E-state index in [1.807, 2.05) is 37.3 Å². The fourth-order valence-corrected chi connectivity index (χ4v) is 3.94. The number of oxime groups is 1. The summed E-state index contributed by atoms with van der Waals surface area (Å²) in [5, 5.41) is 4.93. The molecule has 2 atom stereocenters. The van der Waals surface area contributed by atoms with E-state index in [4.69, 9.17) is 9.57 Å². The molecule has 2 aliphatic rings. The number of hydrogen-bond acceptors (Lipinski definition) is 6. The van der Waals surface area contributed by atoms with Gasteiger partial charge in [-0.1, -0.05) is 23.4 Å². The van der Waals surface area contributed by atoms with Crippen LogP contribution in [0.25, 0.3) is 10.9 Å². The number of pyridine rings is 1. The number of likely N-dealkylation sites (tertiary alicyclic amines) is 1. The van der Waals surface area contributed by atoms with Crippen molar-refractivity contribution in [3.63, 3.8) is 0 Å². The molecule has 1 fully saturated rings. The highest BCUT2D eigenvalue weighted by atomic mass is 16.6. The summed E-state index contributed by atoms with van der Waals surface area (Å²) >= 11 is 0. The Hall–Kier alpha value is -2.96. The monoisotopic (exact) mass is 395 g/mol. The molecule has 0 spiro atoms. The summed E-state index contributed by atoms with van der Waals surface area (Å²) in [4.78, 5) is 36.5. The lowest BCUT2D eigenvalue weighted by atomic mass is 10.0. The van der Waals surface area contributed by atoms with Gasteiger partial charge in [0.2, 0.25) is 0 Å². The normalized spacial score (nSPS) is 21.1. The van der Waals surface area contributed by atoms with Gasteiger partial charge in [0.1, 0.15) is 12.7 Å². The van der Waals surface area contributed by atoms with Crippen LogP contribution in [0.5, 0.6) is 0 Å². The number of carbonyl (C=O) groups is 2. The predicted octanol–water partition coefficient (Wildman–Crippen LogP) is 3.85. The molecule has 0 radical (unpaired) electrons. The number of nitrogens with zero attached hydrogens (tertiary/aromatic N) is 3. The molecule has 0 N–H and O–H groups in total. The summed E-state index contributed by atoms with van der Waals surface area (Å²) < 4.78 is 5.49. The van der Waals surface area contributed by atoms with Gasteiger partial charge in [0.15, 0.2) is 5.78 Å². The van der Waals surface area contributed by atoms with Gasteiger partial charge in [0.05, 0.1) is 17.3 Å². The van der Waals surface area contributed by atoms with Crippen LogP contribution in [-0.4, -0.2) is 46.2 Å². The first-order valence-corrected chi connectivity index (χ1v) is 10.1. The second-order valence-corrected chi connectivity index (χ2v) is 7.71. The molecule has 7 heteroatoms. The van der Waals surface area contributed by atoms with Crippen molar-refractivity contribution in [2.24, 2.45) is 5.16 Å². The van der Waals surface area contributed by atoms with E-state index in [1.165, 1.54) is 0 Å². The molecule has 0 aliphatic carbocycles. The smallest absolute Gasteiger partial charge is 0.410 e. The Morgan fingerprint density at radius 2 is 2.17 bits per heavy atom. The summed E-state index contributed by atoms with van der Waals surface area (Å²) in [7, 11) is 0. The first-order valence-electron chi connectivity index (χ1n) is 10.1. The van der Waals surface area contributed by atoms with Crippen LogP contribution in [0, 0.1) is 0 Å². The fraction of sp³-hybridized carbons (Fsp3) is 0.455. The van der Waals surface area contributed by atoms with E-state index in [-0.39, 0.29) is 18.5 Å². The highest BCUT2D eigenvalue weighted by Crippen LogP contribution is 2.23. The first-order chi connectivity index (χ1) is 14.1. The fourth-order valence-electron chi connectivity index (χ4n) is 3.94. The van der Waals surface area contributed by atoms with Crippen LogP contribution in [0.3, 0.4) is 0 Å². The molecular weight excluding hydrogens is 370 g/mol. The molecule has 1 aromatic carbocycles. The van der Waals surface area contributed by atoms with Crippen LogP contribution in [0.1, 0.15) is 44.6 Å². The molecule has 1 saturated heterocycles. The minimum atomic E-state index is -0.440. The molecule has 7 nitrogen and oxygen atoms in total. The van der Waals surface area contributed by atoms with Crippen LogP contribution in [0.2, 0.25) is 0 Å². The zero-order valence-electron chi connectivity index (χ0n) is 16.5. The van der Waals surface area contributed by atoms with E-state index in [0.29, 0.717) is 25.8 Å². The minimum absolute atomic E-state index is 0.0267. The molecule has 4 rings (SSSR count). The molecule has 1 unspecified atom stereocenters. The molecule has 152 valence electrons. The number of carbonyl (C=O) groups excluding carboxylic acids is 2. The Morgan fingerprint density at radius 1 is 1.31 bits per heavy atom. The van der Waals surface area contributed by atoms with Gasteiger partial charge in [-0.15, -0.1) is 0 Å². The van der Waals surface area contributed by atoms with Crippen LogP contribution < -0.4 is 0 Å². The van der Waals surface area contributed by atoms with Gasteiger partial charge in [-0.2, -0.15) is 0 Å². The van der Waals surface area contributed by atoms with Crippen LogP contribution >= 0.6 is 0 Å². The predicted molar refractivity (Wildman–Crippen MR) is 108 cm³/mol. The molecule has 2 aromatic rings. The molecular formula is C22H25N3O4. The number of ketones is 1. The quantitative estimate of drug-likeness (QED) is 0.742. The highest BCUT2D eigenvalue weighted by molar-refractivity contribution is 5.88. The van der Waals surface area contributed by atoms with Crippen molar-refractivity contribution in [1.82, 2.24) is 9.88 Å². The lowest BCUT2D eigenvalue weighted by Crippen LogP contribution is -2.41. The maximum atomic E-state index is 12.7. The van der Waals surface area contributed by atoms with Crippen molar-refractivity contribution in [1.29, 1.82) is 0 Å². The Morgan fingerprint density at radius 3 is 3.00 bits per heavy atom. The third-order valence-electron chi connectivity index (χ3n) is 5.46. The average molecular weight is 395 g/mol. The molecule has 0 bridgehead atoms. The topological polar surface area (TPSA) is 81.1 Å². The number of fused-ring (bicyclic) bond motifs is 1. The highest BCUT2D eigenvalue weighted by Gasteiger charge is 2.35. The Kier molecular flexibility index (Phi) is 5.74. The van der Waals surface area contributed by atoms with Gasteiger partial charge in [0, 0.05) is 36.5 Å². The summed E-state index contributed by atoms with van der Waals surface area (Å²) in [6, 6.07) is 9.37. The summed E-state index contributed by atoms with van der Waals surface area (Å²) in [5.41, 5.74) is 2.68. The average Bonchev–Trinajstić information content (AvgIpc) is 3.39. The van der Waals surface area contributed by atoms with Gasteiger partial charge in [0.25, 0.3) is 0 Å². The second kappa shape index (κ2) is 8.59. The third-order valence-corrected chi connectivity index (χ3v) is 5.46. The van der Waals surface area contributed by atoms with E-state index in [2.05, 4.69) is 10.1 Å². The molecule has 1 aromatic heterocycles. The number of benzene rings is 1. The first kappa shape index (κ1) is 19.4. The van der Waals surface area contributed by atoms with Crippen LogP contribution in [-0.2, 0) is 21.0 Å². The van der Waals surface area contributed by atoms with Crippen molar-refractivity contribution >= 4 is 28.5 Å². The van der Waals surface area contributed by atoms with Gasteiger partial charge in [-0.3, -0.25) is 14.7 Å². The molecule has 2 aliphatic heterocycles. The molecule has 29 heavy (non-hydrogen) atoms. The van der Waals surface area contributed by atoms with Crippen molar-refractivity contribution in [3.05, 3.63) is 42.1 Å². The van der Waals surface area contributed by atoms with Crippen LogP contribution in [0.15, 0.2) is 41.7 Å². The number of Topliss-reactive ketones (excluding diaryl/α,β-unsaturated/α-hetero) is 1. The zero-order chi connectivity index (χ0) is 20.2. The van der Waals surface area contributed by atoms with Gasteiger partial charge < -0.3 is 9.57 Å². The third kappa shape index (κ3) is 4.55. The van der Waals surface area contributed by atoms with Crippen molar-refractivity contribution in [2.45, 2.75) is 57.8 Å². The van der Waals surface area contributed by atoms with Gasteiger partial charge >= 0.3 is 6.09 Å². The largest absolute Gasteiger partial charge is 0.444 e. The lowest BCUT2D eigenvalue weighted by Gasteiger charge is -2.23. The zero-order valence-corrected chi connectivity index (χ0v) is 16.5. The van der Waals surface area contributed by atoms with Crippen molar-refractivity contribution in [3.8, 4) is 0 Å². The molecule has 1 amide bonds. The number of hydrogen-bond donors (Lipinski definition) is 0.